The lowest BCUT2D eigenvalue weighted by Crippen LogP contribution is -2.20. The Morgan fingerprint density at radius 3 is 2.33 bits per heavy atom. The average molecular weight is 469 g/mol. The van der Waals surface area contributed by atoms with Gasteiger partial charge in [-0.15, -0.1) is 0 Å². The smallest absolute Gasteiger partial charge is 0.262 e. The van der Waals surface area contributed by atoms with Gasteiger partial charge in [-0.2, -0.15) is 0 Å². The van der Waals surface area contributed by atoms with Crippen molar-refractivity contribution in [1.82, 2.24) is 0 Å². The van der Waals surface area contributed by atoms with E-state index in [4.69, 9.17) is 27.9 Å². The first-order valence-corrected chi connectivity index (χ1v) is 10.7. The molecule has 0 unspecified atom stereocenters. The Labute approximate surface area is 182 Å². The van der Waals surface area contributed by atoms with Gasteiger partial charge in [-0.25, -0.2) is 12.8 Å². The molecule has 0 atom stereocenters. The van der Waals surface area contributed by atoms with Crippen molar-refractivity contribution in [3.8, 4) is 5.75 Å². The monoisotopic (exact) mass is 468 g/mol. The van der Waals surface area contributed by atoms with Crippen LogP contribution in [0.4, 0.5) is 15.8 Å². The molecule has 2 N–H and O–H groups in total. The Morgan fingerprint density at radius 1 is 0.933 bits per heavy atom. The second-order valence-electron chi connectivity index (χ2n) is 6.03. The summed E-state index contributed by atoms with van der Waals surface area (Å²) in [4.78, 5) is 11.9. The van der Waals surface area contributed by atoms with Crippen molar-refractivity contribution in [3.63, 3.8) is 0 Å². The molecular formula is C20H15Cl2FN2O4S. The number of hydrogen-bond donors (Lipinski definition) is 2. The Kier molecular flexibility index (Phi) is 6.81. The second-order valence-corrected chi connectivity index (χ2v) is 8.53. The Morgan fingerprint density at radius 2 is 1.67 bits per heavy atom. The first-order valence-electron chi connectivity index (χ1n) is 8.50. The number of sulfonamides is 1. The van der Waals surface area contributed by atoms with E-state index in [1.807, 2.05) is 0 Å². The van der Waals surface area contributed by atoms with Crippen LogP contribution in [-0.4, -0.2) is 20.9 Å². The van der Waals surface area contributed by atoms with Gasteiger partial charge in [0.1, 0.15) is 11.6 Å². The van der Waals surface area contributed by atoms with Gasteiger partial charge in [0, 0.05) is 11.4 Å². The molecular weight excluding hydrogens is 454 g/mol. The highest BCUT2D eigenvalue weighted by atomic mass is 35.5. The highest BCUT2D eigenvalue weighted by Crippen LogP contribution is 2.28. The number of para-hydroxylation sites is 1. The molecule has 1 amide bonds. The molecule has 0 heterocycles. The lowest BCUT2D eigenvalue weighted by Gasteiger charge is -2.12. The van der Waals surface area contributed by atoms with E-state index < -0.39 is 28.4 Å². The molecule has 3 aromatic carbocycles. The minimum Gasteiger partial charge on any atom is -0.482 e. The van der Waals surface area contributed by atoms with Gasteiger partial charge < -0.3 is 10.1 Å². The number of anilines is 2. The third-order valence-electron chi connectivity index (χ3n) is 3.80. The molecule has 0 saturated carbocycles. The number of carbonyl (C=O) groups is 1. The molecule has 0 radical (unpaired) electrons. The van der Waals surface area contributed by atoms with Gasteiger partial charge in [0.2, 0.25) is 0 Å². The number of amides is 1. The fraction of sp³-hybridized carbons (Fsp3) is 0.0500. The number of halogens is 3. The fourth-order valence-corrected chi connectivity index (χ4v) is 3.97. The van der Waals surface area contributed by atoms with Crippen molar-refractivity contribution in [3.05, 3.63) is 82.6 Å². The Balaban J connectivity index is 1.63. The molecule has 0 fully saturated rings. The van der Waals surface area contributed by atoms with Crippen LogP contribution in [0.25, 0.3) is 0 Å². The molecule has 3 aromatic rings. The quantitative estimate of drug-likeness (QED) is 0.513. The van der Waals surface area contributed by atoms with Crippen LogP contribution in [0, 0.1) is 5.82 Å². The van der Waals surface area contributed by atoms with Gasteiger partial charge in [-0.1, -0.05) is 41.4 Å². The predicted octanol–water partition coefficient (Wildman–Crippen LogP) is 4.95. The van der Waals surface area contributed by atoms with E-state index in [2.05, 4.69) is 10.0 Å². The van der Waals surface area contributed by atoms with Crippen molar-refractivity contribution in [1.29, 1.82) is 0 Å². The van der Waals surface area contributed by atoms with Crippen LogP contribution in [0.15, 0.2) is 71.6 Å². The van der Waals surface area contributed by atoms with Crippen molar-refractivity contribution >= 4 is 50.5 Å². The number of nitrogens with one attached hydrogen (secondary N) is 2. The van der Waals surface area contributed by atoms with Crippen molar-refractivity contribution in [2.24, 2.45) is 0 Å². The molecule has 0 aliphatic heterocycles. The van der Waals surface area contributed by atoms with Crippen LogP contribution >= 0.6 is 23.2 Å². The minimum atomic E-state index is -3.84. The normalized spacial score (nSPS) is 11.0. The first-order chi connectivity index (χ1) is 14.2. The molecule has 10 heteroatoms. The van der Waals surface area contributed by atoms with Crippen LogP contribution in [0.2, 0.25) is 10.0 Å². The number of benzene rings is 3. The summed E-state index contributed by atoms with van der Waals surface area (Å²) in [6, 6.07) is 16.0. The molecule has 0 spiro atoms. The molecule has 0 aliphatic rings. The van der Waals surface area contributed by atoms with Crippen LogP contribution in [0.5, 0.6) is 5.75 Å². The highest BCUT2D eigenvalue weighted by molar-refractivity contribution is 7.92. The van der Waals surface area contributed by atoms with E-state index >= 15 is 0 Å². The number of rotatable bonds is 7. The highest BCUT2D eigenvalue weighted by Gasteiger charge is 2.17. The van der Waals surface area contributed by atoms with E-state index in [0.29, 0.717) is 11.4 Å². The van der Waals surface area contributed by atoms with E-state index in [-0.39, 0.29) is 20.7 Å². The Hall–Kier alpha value is -2.81. The molecule has 3 rings (SSSR count). The number of hydrogen-bond acceptors (Lipinski definition) is 4. The third kappa shape index (κ3) is 5.63. The van der Waals surface area contributed by atoms with Crippen molar-refractivity contribution in [2.45, 2.75) is 4.90 Å². The van der Waals surface area contributed by atoms with Crippen LogP contribution in [0.1, 0.15) is 0 Å². The molecule has 30 heavy (non-hydrogen) atoms. The summed E-state index contributed by atoms with van der Waals surface area (Å²) in [5.41, 5.74) is 0.709. The summed E-state index contributed by atoms with van der Waals surface area (Å²) in [6.07, 6.45) is 0. The number of ether oxygens (including phenoxy) is 1. The van der Waals surface area contributed by atoms with E-state index in [1.54, 1.807) is 30.3 Å². The number of carbonyl (C=O) groups excluding carboxylic acids is 1. The summed E-state index contributed by atoms with van der Waals surface area (Å²) in [6.45, 7) is -0.400. The molecule has 6 nitrogen and oxygen atoms in total. The summed E-state index contributed by atoms with van der Waals surface area (Å²) in [5, 5.41) is 2.39. The van der Waals surface area contributed by atoms with E-state index in [1.165, 1.54) is 30.3 Å². The predicted molar refractivity (Wildman–Crippen MR) is 114 cm³/mol. The minimum absolute atomic E-state index is 0.0172. The van der Waals surface area contributed by atoms with Gasteiger partial charge in [-0.3, -0.25) is 9.52 Å². The van der Waals surface area contributed by atoms with E-state index in [0.717, 1.165) is 6.07 Å². The SMILES string of the molecule is O=C(COc1ccc(S(=O)(=O)Nc2ccccc2)cc1Cl)Nc1ccc(F)c(Cl)c1. The summed E-state index contributed by atoms with van der Waals surface area (Å²) in [5.74, 6) is -1.01. The lowest BCUT2D eigenvalue weighted by molar-refractivity contribution is -0.118. The summed E-state index contributed by atoms with van der Waals surface area (Å²) in [7, 11) is -3.84. The second kappa shape index (κ2) is 9.34. The van der Waals surface area contributed by atoms with Crippen LogP contribution in [0.3, 0.4) is 0 Å². The maximum atomic E-state index is 13.2. The zero-order chi connectivity index (χ0) is 21.7. The van der Waals surface area contributed by atoms with Crippen molar-refractivity contribution < 1.29 is 22.3 Å². The maximum absolute atomic E-state index is 13.2. The van der Waals surface area contributed by atoms with Crippen LogP contribution in [-0.2, 0) is 14.8 Å². The first kappa shape index (κ1) is 21.9. The van der Waals surface area contributed by atoms with Gasteiger partial charge in [0.15, 0.2) is 6.61 Å². The van der Waals surface area contributed by atoms with Gasteiger partial charge in [0.25, 0.3) is 15.9 Å². The molecule has 0 bridgehead atoms. The molecule has 156 valence electrons. The zero-order valence-corrected chi connectivity index (χ0v) is 17.6. The average Bonchev–Trinajstić information content (AvgIpc) is 2.70. The topological polar surface area (TPSA) is 84.5 Å². The van der Waals surface area contributed by atoms with Gasteiger partial charge >= 0.3 is 0 Å². The van der Waals surface area contributed by atoms with Gasteiger partial charge in [0.05, 0.1) is 14.9 Å². The molecule has 0 aromatic heterocycles. The fourth-order valence-electron chi connectivity index (χ4n) is 2.40. The van der Waals surface area contributed by atoms with Crippen LogP contribution < -0.4 is 14.8 Å². The van der Waals surface area contributed by atoms with E-state index in [9.17, 15) is 17.6 Å². The summed E-state index contributed by atoms with van der Waals surface area (Å²) >= 11 is 11.8. The lowest BCUT2D eigenvalue weighted by atomic mass is 10.3. The standard InChI is InChI=1S/C20H15Cl2FN2O4S/c21-16-10-14(6-8-18(16)23)24-20(26)12-29-19-9-7-15(11-17(19)22)30(27,28)25-13-4-2-1-3-5-13/h1-11,25H,12H2,(H,24,26). The molecule has 0 saturated heterocycles. The van der Waals surface area contributed by atoms with Crippen molar-refractivity contribution in [2.75, 3.05) is 16.6 Å². The largest absolute Gasteiger partial charge is 0.482 e. The zero-order valence-electron chi connectivity index (χ0n) is 15.2. The third-order valence-corrected chi connectivity index (χ3v) is 5.77. The Bertz CT molecular complexity index is 1170. The van der Waals surface area contributed by atoms with Gasteiger partial charge in [-0.05, 0) is 48.5 Å². The maximum Gasteiger partial charge on any atom is 0.262 e. The molecule has 0 aliphatic carbocycles. The summed E-state index contributed by atoms with van der Waals surface area (Å²) < 4.78 is 45.9.